The number of pyridine rings is 1. The molecule has 0 spiro atoms. The molecule has 2 N–H and O–H groups in total. The van der Waals surface area contributed by atoms with E-state index < -0.39 is 5.97 Å². The highest BCUT2D eigenvalue weighted by Gasteiger charge is 2.22. The van der Waals surface area contributed by atoms with E-state index in [9.17, 15) is 4.79 Å². The third kappa shape index (κ3) is 2.55. The van der Waals surface area contributed by atoms with Gasteiger partial charge >= 0.3 is 5.97 Å². The Labute approximate surface area is 101 Å². The largest absolute Gasteiger partial charge is 0.464 e. The molecule has 0 bridgehead atoms. The monoisotopic (exact) mass is 235 g/mol. The lowest BCUT2D eigenvalue weighted by atomic mass is 10.1. The van der Waals surface area contributed by atoms with Gasteiger partial charge in [-0.15, -0.1) is 0 Å². The zero-order valence-corrected chi connectivity index (χ0v) is 9.93. The number of ether oxygens (including phenoxy) is 1. The standard InChI is InChI=1S/C12H17N3O2/c1-17-12(16)11-6-10(2-4-14-11)15-5-3-9(7-13)8-15/h2,4,6,9H,3,5,7-8,13H2,1H3. The fraction of sp³-hybridized carbons (Fsp3) is 0.500. The first-order valence-electron chi connectivity index (χ1n) is 5.74. The van der Waals surface area contributed by atoms with Crippen LogP contribution in [0.25, 0.3) is 0 Å². The van der Waals surface area contributed by atoms with Gasteiger partial charge in [-0.2, -0.15) is 0 Å². The van der Waals surface area contributed by atoms with E-state index in [2.05, 4.69) is 14.6 Å². The molecule has 0 amide bonds. The van der Waals surface area contributed by atoms with Crippen molar-refractivity contribution in [3.05, 3.63) is 24.0 Å². The highest BCUT2D eigenvalue weighted by molar-refractivity contribution is 5.88. The van der Waals surface area contributed by atoms with Crippen LogP contribution in [0.1, 0.15) is 16.9 Å². The minimum absolute atomic E-state index is 0.348. The number of rotatable bonds is 3. The van der Waals surface area contributed by atoms with Gasteiger partial charge in [0, 0.05) is 25.0 Å². The SMILES string of the molecule is COC(=O)c1cc(N2CCC(CN)C2)ccn1. The molecule has 2 rings (SSSR count). The fourth-order valence-electron chi connectivity index (χ4n) is 2.09. The van der Waals surface area contributed by atoms with Crippen LogP contribution in [-0.4, -0.2) is 37.7 Å². The van der Waals surface area contributed by atoms with E-state index in [-0.39, 0.29) is 0 Å². The molecule has 0 radical (unpaired) electrons. The van der Waals surface area contributed by atoms with Crippen LogP contribution in [0, 0.1) is 5.92 Å². The van der Waals surface area contributed by atoms with Gasteiger partial charge in [-0.1, -0.05) is 0 Å². The second-order valence-corrected chi connectivity index (χ2v) is 4.23. The van der Waals surface area contributed by atoms with Gasteiger partial charge < -0.3 is 15.4 Å². The van der Waals surface area contributed by atoms with Crippen molar-refractivity contribution in [3.8, 4) is 0 Å². The summed E-state index contributed by atoms with van der Waals surface area (Å²) in [7, 11) is 1.36. The number of carbonyl (C=O) groups is 1. The predicted molar refractivity (Wildman–Crippen MR) is 65.0 cm³/mol. The number of hydrogen-bond acceptors (Lipinski definition) is 5. The topological polar surface area (TPSA) is 68.5 Å². The Hall–Kier alpha value is -1.62. The van der Waals surface area contributed by atoms with Crippen molar-refractivity contribution in [3.63, 3.8) is 0 Å². The number of methoxy groups -OCH3 is 1. The summed E-state index contributed by atoms with van der Waals surface area (Å²) in [4.78, 5) is 17.6. The first-order valence-corrected chi connectivity index (χ1v) is 5.74. The molecule has 92 valence electrons. The zero-order chi connectivity index (χ0) is 12.3. The van der Waals surface area contributed by atoms with Crippen molar-refractivity contribution >= 4 is 11.7 Å². The average molecular weight is 235 g/mol. The van der Waals surface area contributed by atoms with E-state index in [1.165, 1.54) is 7.11 Å². The van der Waals surface area contributed by atoms with Crippen molar-refractivity contribution in [2.75, 3.05) is 31.6 Å². The molecular weight excluding hydrogens is 218 g/mol. The van der Waals surface area contributed by atoms with Crippen molar-refractivity contribution in [1.29, 1.82) is 0 Å². The Balaban J connectivity index is 2.14. The van der Waals surface area contributed by atoms with E-state index in [1.54, 1.807) is 12.3 Å². The Kier molecular flexibility index (Phi) is 3.58. The zero-order valence-electron chi connectivity index (χ0n) is 9.93. The van der Waals surface area contributed by atoms with Crippen LogP contribution in [0.2, 0.25) is 0 Å². The number of hydrogen-bond donors (Lipinski definition) is 1. The quantitative estimate of drug-likeness (QED) is 0.779. The molecule has 5 nitrogen and oxygen atoms in total. The summed E-state index contributed by atoms with van der Waals surface area (Å²) >= 11 is 0. The van der Waals surface area contributed by atoms with Gasteiger partial charge in [-0.3, -0.25) is 0 Å². The molecule has 0 aromatic carbocycles. The number of carbonyl (C=O) groups excluding carboxylic acids is 1. The summed E-state index contributed by atoms with van der Waals surface area (Å²) in [6, 6.07) is 3.68. The van der Waals surface area contributed by atoms with Crippen LogP contribution in [-0.2, 0) is 4.74 Å². The fourth-order valence-corrected chi connectivity index (χ4v) is 2.09. The normalized spacial score (nSPS) is 19.4. The smallest absolute Gasteiger partial charge is 0.356 e. The molecule has 2 heterocycles. The summed E-state index contributed by atoms with van der Waals surface area (Å²) in [5, 5.41) is 0. The molecule has 1 aliphatic heterocycles. The number of aromatic nitrogens is 1. The maximum absolute atomic E-state index is 11.4. The molecule has 1 fully saturated rings. The van der Waals surface area contributed by atoms with Gasteiger partial charge in [0.1, 0.15) is 5.69 Å². The van der Waals surface area contributed by atoms with Gasteiger partial charge in [0.2, 0.25) is 0 Å². The van der Waals surface area contributed by atoms with E-state index in [0.717, 1.165) is 25.2 Å². The molecule has 1 aromatic heterocycles. The van der Waals surface area contributed by atoms with Gasteiger partial charge in [-0.05, 0) is 31.0 Å². The highest BCUT2D eigenvalue weighted by atomic mass is 16.5. The molecule has 1 aromatic rings. The molecule has 17 heavy (non-hydrogen) atoms. The van der Waals surface area contributed by atoms with E-state index >= 15 is 0 Å². The van der Waals surface area contributed by atoms with Crippen LogP contribution in [0.5, 0.6) is 0 Å². The summed E-state index contributed by atoms with van der Waals surface area (Å²) < 4.78 is 4.66. The van der Waals surface area contributed by atoms with Crippen molar-refractivity contribution < 1.29 is 9.53 Å². The number of nitrogens with zero attached hydrogens (tertiary/aromatic N) is 2. The van der Waals surface area contributed by atoms with Crippen LogP contribution >= 0.6 is 0 Å². The summed E-state index contributed by atoms with van der Waals surface area (Å²) in [6.45, 7) is 2.64. The number of esters is 1. The molecule has 1 atom stereocenters. The Morgan fingerprint density at radius 3 is 3.18 bits per heavy atom. The Morgan fingerprint density at radius 2 is 2.53 bits per heavy atom. The molecule has 0 saturated carbocycles. The summed E-state index contributed by atoms with van der Waals surface area (Å²) in [6.07, 6.45) is 2.74. The third-order valence-corrected chi connectivity index (χ3v) is 3.12. The van der Waals surface area contributed by atoms with E-state index in [1.807, 2.05) is 6.07 Å². The first kappa shape index (κ1) is 11.9. The predicted octanol–water partition coefficient (Wildman–Crippen LogP) is 0.653. The average Bonchev–Trinajstić information content (AvgIpc) is 2.86. The minimum Gasteiger partial charge on any atom is -0.464 e. The minimum atomic E-state index is -0.401. The molecule has 1 aliphatic rings. The van der Waals surface area contributed by atoms with Gasteiger partial charge in [0.05, 0.1) is 7.11 Å². The highest BCUT2D eigenvalue weighted by Crippen LogP contribution is 2.23. The van der Waals surface area contributed by atoms with Crippen LogP contribution in [0.15, 0.2) is 18.3 Å². The lowest BCUT2D eigenvalue weighted by Crippen LogP contribution is -2.23. The first-order chi connectivity index (χ1) is 8.24. The lowest BCUT2D eigenvalue weighted by molar-refractivity contribution is 0.0594. The third-order valence-electron chi connectivity index (χ3n) is 3.12. The molecule has 1 saturated heterocycles. The van der Waals surface area contributed by atoms with Gasteiger partial charge in [-0.25, -0.2) is 9.78 Å². The Morgan fingerprint density at radius 1 is 1.71 bits per heavy atom. The number of nitrogens with two attached hydrogens (primary N) is 1. The molecule has 5 heteroatoms. The van der Waals surface area contributed by atoms with Crippen LogP contribution in [0.3, 0.4) is 0 Å². The molecular formula is C12H17N3O2. The maximum atomic E-state index is 11.4. The van der Waals surface area contributed by atoms with Crippen molar-refractivity contribution in [2.45, 2.75) is 6.42 Å². The second-order valence-electron chi connectivity index (χ2n) is 4.23. The van der Waals surface area contributed by atoms with Crippen molar-refractivity contribution in [2.24, 2.45) is 11.7 Å². The van der Waals surface area contributed by atoms with E-state index in [4.69, 9.17) is 5.73 Å². The van der Waals surface area contributed by atoms with Gasteiger partial charge in [0.15, 0.2) is 0 Å². The molecule has 1 unspecified atom stereocenters. The van der Waals surface area contributed by atoms with Gasteiger partial charge in [0.25, 0.3) is 0 Å². The second kappa shape index (κ2) is 5.14. The molecule has 0 aliphatic carbocycles. The van der Waals surface area contributed by atoms with E-state index in [0.29, 0.717) is 18.2 Å². The van der Waals surface area contributed by atoms with Crippen LogP contribution < -0.4 is 10.6 Å². The van der Waals surface area contributed by atoms with Crippen LogP contribution in [0.4, 0.5) is 5.69 Å². The summed E-state index contributed by atoms with van der Waals surface area (Å²) in [5.41, 5.74) is 7.02. The number of anilines is 1. The Bertz CT molecular complexity index is 408. The van der Waals surface area contributed by atoms with Crippen molar-refractivity contribution in [1.82, 2.24) is 4.98 Å². The maximum Gasteiger partial charge on any atom is 0.356 e. The lowest BCUT2D eigenvalue weighted by Gasteiger charge is -2.18. The summed E-state index contributed by atoms with van der Waals surface area (Å²) in [5.74, 6) is 0.145.